The van der Waals surface area contributed by atoms with Crippen LogP contribution in [0.25, 0.3) is 5.57 Å². The molecule has 19 heavy (non-hydrogen) atoms. The van der Waals surface area contributed by atoms with Crippen molar-refractivity contribution in [1.82, 2.24) is 15.6 Å². The second kappa shape index (κ2) is 4.31. The van der Waals surface area contributed by atoms with E-state index in [0.29, 0.717) is 23.1 Å². The van der Waals surface area contributed by atoms with Crippen LogP contribution in [-0.2, 0) is 0 Å². The van der Waals surface area contributed by atoms with Crippen LogP contribution in [0.2, 0.25) is 0 Å². The van der Waals surface area contributed by atoms with Crippen molar-refractivity contribution < 1.29 is 13.6 Å². The molecule has 3 rings (SSSR count). The predicted molar refractivity (Wildman–Crippen MR) is 67.0 cm³/mol. The largest absolute Gasteiger partial charge is 0.467 e. The molecule has 0 spiro atoms. The number of rotatable bonds is 2. The maximum absolute atomic E-state index is 11.6. The zero-order valence-corrected chi connectivity index (χ0v) is 10.6. The summed E-state index contributed by atoms with van der Waals surface area (Å²) in [6.07, 6.45) is 3.21. The van der Waals surface area contributed by atoms with E-state index in [1.165, 1.54) is 0 Å². The van der Waals surface area contributed by atoms with Crippen molar-refractivity contribution in [2.24, 2.45) is 0 Å². The zero-order valence-electron chi connectivity index (χ0n) is 10.6. The lowest BCUT2D eigenvalue weighted by Gasteiger charge is -2.25. The average Bonchev–Trinajstić information content (AvgIpc) is 2.99. The third-order valence-electron chi connectivity index (χ3n) is 2.95. The lowest BCUT2D eigenvalue weighted by atomic mass is 10.0. The summed E-state index contributed by atoms with van der Waals surface area (Å²) in [5, 5.41) is 5.52. The van der Waals surface area contributed by atoms with E-state index in [1.54, 1.807) is 24.6 Å². The molecule has 1 atom stereocenters. The van der Waals surface area contributed by atoms with Gasteiger partial charge in [-0.3, -0.25) is 0 Å². The number of carbonyl (C=O) groups is 1. The predicted octanol–water partition coefficient (Wildman–Crippen LogP) is 2.36. The highest BCUT2D eigenvalue weighted by Crippen LogP contribution is 2.33. The summed E-state index contributed by atoms with van der Waals surface area (Å²) in [5.74, 6) is 1.83. The minimum atomic E-state index is -0.401. The van der Waals surface area contributed by atoms with E-state index in [-0.39, 0.29) is 6.03 Å². The van der Waals surface area contributed by atoms with Crippen LogP contribution < -0.4 is 10.6 Å². The Balaban J connectivity index is 2.10. The highest BCUT2D eigenvalue weighted by molar-refractivity contribution is 5.86. The summed E-state index contributed by atoms with van der Waals surface area (Å²) < 4.78 is 10.9. The van der Waals surface area contributed by atoms with E-state index in [4.69, 9.17) is 8.83 Å². The molecule has 0 saturated carbocycles. The van der Waals surface area contributed by atoms with Gasteiger partial charge < -0.3 is 19.5 Å². The Bertz CT molecular complexity index is 640. The van der Waals surface area contributed by atoms with Crippen LogP contribution in [0.15, 0.2) is 39.1 Å². The highest BCUT2D eigenvalue weighted by Gasteiger charge is 2.31. The van der Waals surface area contributed by atoms with Crippen molar-refractivity contribution in [2.75, 3.05) is 0 Å². The molecular formula is C13H13N3O3. The van der Waals surface area contributed by atoms with Crippen molar-refractivity contribution in [3.05, 3.63) is 47.7 Å². The Morgan fingerprint density at radius 1 is 1.37 bits per heavy atom. The molecule has 0 fully saturated rings. The fraction of sp³-hybridized carbons (Fsp3) is 0.231. The van der Waals surface area contributed by atoms with E-state index in [1.807, 2.05) is 13.8 Å². The van der Waals surface area contributed by atoms with Crippen LogP contribution in [0.1, 0.15) is 30.4 Å². The summed E-state index contributed by atoms with van der Waals surface area (Å²) in [6.45, 7) is 3.63. The van der Waals surface area contributed by atoms with Crippen LogP contribution in [0.4, 0.5) is 4.79 Å². The van der Waals surface area contributed by atoms with Gasteiger partial charge >= 0.3 is 6.03 Å². The Morgan fingerprint density at radius 2 is 2.21 bits per heavy atom. The number of nitrogens with zero attached hydrogens (tertiary/aromatic N) is 1. The molecule has 1 aliphatic rings. The third kappa shape index (κ3) is 2.01. The molecule has 2 N–H and O–H groups in total. The van der Waals surface area contributed by atoms with E-state index < -0.39 is 6.04 Å². The van der Waals surface area contributed by atoms with Gasteiger partial charge in [0.15, 0.2) is 0 Å². The quantitative estimate of drug-likeness (QED) is 0.867. The number of allylic oxidation sites excluding steroid dienone is 1. The van der Waals surface area contributed by atoms with Crippen molar-refractivity contribution in [2.45, 2.75) is 19.9 Å². The van der Waals surface area contributed by atoms with Gasteiger partial charge in [-0.25, -0.2) is 9.78 Å². The first kappa shape index (κ1) is 11.6. The fourth-order valence-electron chi connectivity index (χ4n) is 2.13. The van der Waals surface area contributed by atoms with Crippen LogP contribution in [0.5, 0.6) is 0 Å². The molecule has 2 aromatic rings. The lowest BCUT2D eigenvalue weighted by Crippen LogP contribution is -2.42. The second-order valence-corrected chi connectivity index (χ2v) is 4.36. The molecule has 0 aromatic carbocycles. The summed E-state index contributed by atoms with van der Waals surface area (Å²) in [6, 6.07) is 2.91. The molecule has 3 heterocycles. The van der Waals surface area contributed by atoms with Crippen molar-refractivity contribution in [3.63, 3.8) is 0 Å². The van der Waals surface area contributed by atoms with Crippen molar-refractivity contribution in [1.29, 1.82) is 0 Å². The number of nitrogens with one attached hydrogen (secondary N) is 2. The molecule has 2 amide bonds. The molecule has 0 bridgehead atoms. The van der Waals surface area contributed by atoms with E-state index >= 15 is 0 Å². The first-order valence-electron chi connectivity index (χ1n) is 5.89. The maximum atomic E-state index is 11.6. The molecule has 1 aliphatic heterocycles. The monoisotopic (exact) mass is 259 g/mol. The third-order valence-corrected chi connectivity index (χ3v) is 2.95. The standard InChI is InChI=1S/C13H13N3O3/c1-7-6-14-12(19-7)10-8(2)15-13(17)16-11(10)9-4-3-5-18-9/h3-6,11H,1-2H3,(H2,15,16,17). The van der Waals surface area contributed by atoms with Gasteiger partial charge in [-0.15, -0.1) is 0 Å². The SMILES string of the molecule is CC1=C(c2ncc(C)o2)C(c2ccco2)NC(=O)N1. The smallest absolute Gasteiger partial charge is 0.319 e. The van der Waals surface area contributed by atoms with Crippen LogP contribution in [0, 0.1) is 6.92 Å². The lowest BCUT2D eigenvalue weighted by molar-refractivity contribution is 0.238. The fourth-order valence-corrected chi connectivity index (χ4v) is 2.13. The number of amides is 2. The molecule has 0 radical (unpaired) electrons. The molecule has 6 nitrogen and oxygen atoms in total. The first-order chi connectivity index (χ1) is 9.15. The van der Waals surface area contributed by atoms with Gasteiger partial charge in [0.25, 0.3) is 0 Å². The number of hydrogen-bond donors (Lipinski definition) is 2. The van der Waals surface area contributed by atoms with Gasteiger partial charge in [-0.2, -0.15) is 0 Å². The van der Waals surface area contributed by atoms with Gasteiger partial charge in [0.1, 0.15) is 17.6 Å². The number of aryl methyl sites for hydroxylation is 1. The summed E-state index contributed by atoms with van der Waals surface area (Å²) in [4.78, 5) is 15.8. The molecule has 0 aliphatic carbocycles. The van der Waals surface area contributed by atoms with Crippen LogP contribution >= 0.6 is 0 Å². The van der Waals surface area contributed by atoms with Crippen LogP contribution in [0.3, 0.4) is 0 Å². The molecule has 6 heteroatoms. The van der Waals surface area contributed by atoms with Crippen molar-refractivity contribution >= 4 is 11.6 Å². The molecule has 1 unspecified atom stereocenters. The minimum Gasteiger partial charge on any atom is -0.467 e. The second-order valence-electron chi connectivity index (χ2n) is 4.36. The highest BCUT2D eigenvalue weighted by atomic mass is 16.4. The van der Waals surface area contributed by atoms with Gasteiger partial charge in [-0.05, 0) is 26.0 Å². The Labute approximate surface area is 109 Å². The van der Waals surface area contributed by atoms with Gasteiger partial charge in [0.05, 0.1) is 18.0 Å². The van der Waals surface area contributed by atoms with E-state index in [9.17, 15) is 4.79 Å². The number of oxazole rings is 1. The topological polar surface area (TPSA) is 80.3 Å². The van der Waals surface area contributed by atoms with E-state index in [0.717, 1.165) is 5.57 Å². The number of carbonyl (C=O) groups excluding carboxylic acids is 1. The first-order valence-corrected chi connectivity index (χ1v) is 5.89. The normalized spacial score (nSPS) is 19.3. The summed E-state index contributed by atoms with van der Waals surface area (Å²) in [7, 11) is 0. The van der Waals surface area contributed by atoms with E-state index in [2.05, 4.69) is 15.6 Å². The summed E-state index contributed by atoms with van der Waals surface area (Å²) in [5.41, 5.74) is 1.47. The molecule has 0 saturated heterocycles. The van der Waals surface area contributed by atoms with Gasteiger partial charge in [0, 0.05) is 5.70 Å². The Morgan fingerprint density at radius 3 is 2.84 bits per heavy atom. The van der Waals surface area contributed by atoms with Gasteiger partial charge in [0.2, 0.25) is 5.89 Å². The molecular weight excluding hydrogens is 246 g/mol. The molecule has 2 aromatic heterocycles. The number of aromatic nitrogens is 1. The van der Waals surface area contributed by atoms with Crippen LogP contribution in [-0.4, -0.2) is 11.0 Å². The number of furan rings is 1. The maximum Gasteiger partial charge on any atom is 0.319 e. The molecule has 98 valence electrons. The Kier molecular flexibility index (Phi) is 2.63. The number of hydrogen-bond acceptors (Lipinski definition) is 4. The van der Waals surface area contributed by atoms with Crippen molar-refractivity contribution in [3.8, 4) is 0 Å². The average molecular weight is 259 g/mol. The minimum absolute atomic E-state index is 0.272. The number of urea groups is 1. The van der Waals surface area contributed by atoms with Gasteiger partial charge in [-0.1, -0.05) is 0 Å². The zero-order chi connectivity index (χ0) is 13.4. The Hall–Kier alpha value is -2.50. The summed E-state index contributed by atoms with van der Waals surface area (Å²) >= 11 is 0.